The maximum absolute atomic E-state index is 12.4. The first-order valence-corrected chi connectivity index (χ1v) is 11.0. The predicted molar refractivity (Wildman–Crippen MR) is 125 cm³/mol. The monoisotopic (exact) mass is 469 g/mol. The lowest BCUT2D eigenvalue weighted by atomic mass is 10.1. The first kappa shape index (κ1) is 21.9. The van der Waals surface area contributed by atoms with Gasteiger partial charge in [0.2, 0.25) is 5.91 Å². The number of amides is 1. The van der Waals surface area contributed by atoms with Gasteiger partial charge < -0.3 is 19.2 Å². The van der Waals surface area contributed by atoms with Crippen molar-refractivity contribution in [2.75, 3.05) is 19.5 Å². The highest BCUT2D eigenvalue weighted by Crippen LogP contribution is 2.33. The summed E-state index contributed by atoms with van der Waals surface area (Å²) in [5, 5.41) is 5.88. The van der Waals surface area contributed by atoms with Crippen molar-refractivity contribution in [1.82, 2.24) is 9.97 Å². The average molecular weight is 470 g/mol. The first-order chi connectivity index (χ1) is 15.6. The van der Waals surface area contributed by atoms with Crippen molar-refractivity contribution in [2.45, 2.75) is 12.8 Å². The molecule has 0 radical (unpaired) electrons. The molecular weight excluding hydrogens is 450 g/mol. The number of carbonyl (C=O) groups excluding carboxylic acids is 1. The van der Waals surface area contributed by atoms with E-state index in [1.807, 2.05) is 35.7 Å². The highest BCUT2D eigenvalue weighted by atomic mass is 35.5. The van der Waals surface area contributed by atoms with Gasteiger partial charge in [0.05, 0.1) is 26.1 Å². The molecule has 0 aliphatic rings. The fraction of sp³-hybridized carbons (Fsp3) is 0.174. The van der Waals surface area contributed by atoms with Gasteiger partial charge in [0.15, 0.2) is 28.3 Å². The zero-order valence-electron chi connectivity index (χ0n) is 17.4. The molecule has 2 aromatic carbocycles. The molecule has 0 bridgehead atoms. The Kier molecular flexibility index (Phi) is 6.72. The fourth-order valence-electron chi connectivity index (χ4n) is 3.03. The van der Waals surface area contributed by atoms with Crippen LogP contribution in [0, 0.1) is 0 Å². The van der Waals surface area contributed by atoms with Crippen LogP contribution in [0.3, 0.4) is 0 Å². The van der Waals surface area contributed by atoms with E-state index < -0.39 is 0 Å². The number of hydrogen-bond acceptors (Lipinski definition) is 7. The van der Waals surface area contributed by atoms with Gasteiger partial charge in [-0.2, -0.15) is 0 Å². The summed E-state index contributed by atoms with van der Waals surface area (Å²) in [7, 11) is 3.17. The van der Waals surface area contributed by atoms with Crippen molar-refractivity contribution in [2.24, 2.45) is 0 Å². The molecule has 0 saturated carbocycles. The molecule has 1 N–H and O–H groups in total. The fourth-order valence-corrected chi connectivity index (χ4v) is 3.90. The molecule has 2 heterocycles. The summed E-state index contributed by atoms with van der Waals surface area (Å²) in [5.41, 5.74) is 2.49. The summed E-state index contributed by atoms with van der Waals surface area (Å²) < 4.78 is 16.3. The highest BCUT2D eigenvalue weighted by molar-refractivity contribution is 7.14. The van der Waals surface area contributed by atoms with Gasteiger partial charge in [-0.3, -0.25) is 4.79 Å². The van der Waals surface area contributed by atoms with Gasteiger partial charge in [-0.25, -0.2) is 9.97 Å². The summed E-state index contributed by atoms with van der Waals surface area (Å²) in [6, 6.07) is 12.9. The van der Waals surface area contributed by atoms with Gasteiger partial charge in [-0.15, -0.1) is 11.3 Å². The number of aryl methyl sites for hydroxylation is 1. The van der Waals surface area contributed by atoms with E-state index in [1.165, 1.54) is 11.3 Å². The number of halogens is 1. The Labute approximate surface area is 194 Å². The SMILES string of the molecule is COc1ccc(-c2csc(NC(=O)CCc3ncc(-c4ccc(Cl)cc4)o3)n2)cc1OC. The van der Waals surface area contributed by atoms with Crippen LogP contribution in [0.2, 0.25) is 5.02 Å². The second-order valence-electron chi connectivity index (χ2n) is 6.78. The molecule has 1 amide bonds. The Morgan fingerprint density at radius 3 is 2.59 bits per heavy atom. The standard InChI is InChI=1S/C23H20ClN3O4S/c1-29-18-8-5-15(11-19(18)30-2)17-13-32-23(26-17)27-21(28)9-10-22-25-12-20(31-22)14-3-6-16(24)7-4-14/h3-8,11-13H,9-10H2,1-2H3,(H,26,27,28). The number of oxazole rings is 1. The van der Waals surface area contributed by atoms with Crippen molar-refractivity contribution < 1.29 is 18.7 Å². The molecule has 0 fully saturated rings. The average Bonchev–Trinajstić information content (AvgIpc) is 3.47. The Morgan fingerprint density at radius 1 is 1.09 bits per heavy atom. The topological polar surface area (TPSA) is 86.5 Å². The molecule has 9 heteroatoms. The van der Waals surface area contributed by atoms with E-state index in [9.17, 15) is 4.79 Å². The van der Waals surface area contributed by atoms with E-state index in [0.717, 1.165) is 16.8 Å². The smallest absolute Gasteiger partial charge is 0.226 e. The molecule has 32 heavy (non-hydrogen) atoms. The van der Waals surface area contributed by atoms with Crippen molar-refractivity contribution in [3.63, 3.8) is 0 Å². The van der Waals surface area contributed by atoms with Gasteiger partial charge in [0.1, 0.15) is 0 Å². The van der Waals surface area contributed by atoms with Crippen LogP contribution >= 0.6 is 22.9 Å². The zero-order valence-corrected chi connectivity index (χ0v) is 19.0. The number of nitrogens with zero attached hydrogens (tertiary/aromatic N) is 2. The number of thiazole rings is 1. The van der Waals surface area contributed by atoms with Crippen LogP contribution in [0.5, 0.6) is 11.5 Å². The zero-order chi connectivity index (χ0) is 22.5. The number of ether oxygens (including phenoxy) is 2. The molecule has 4 rings (SSSR count). The molecule has 0 atom stereocenters. The highest BCUT2D eigenvalue weighted by Gasteiger charge is 2.13. The largest absolute Gasteiger partial charge is 0.493 e. The predicted octanol–water partition coefficient (Wildman–Crippen LogP) is 5.71. The molecule has 0 spiro atoms. The van der Waals surface area contributed by atoms with E-state index in [0.29, 0.717) is 39.7 Å². The number of hydrogen-bond donors (Lipinski definition) is 1. The van der Waals surface area contributed by atoms with E-state index in [-0.39, 0.29) is 12.3 Å². The van der Waals surface area contributed by atoms with Gasteiger partial charge in [-0.05, 0) is 42.5 Å². The van der Waals surface area contributed by atoms with Crippen molar-refractivity contribution in [3.05, 3.63) is 65.0 Å². The van der Waals surface area contributed by atoms with Crippen molar-refractivity contribution in [3.8, 4) is 34.1 Å². The number of methoxy groups -OCH3 is 2. The number of benzene rings is 2. The maximum Gasteiger partial charge on any atom is 0.226 e. The molecule has 7 nitrogen and oxygen atoms in total. The summed E-state index contributed by atoms with van der Waals surface area (Å²) >= 11 is 7.27. The van der Waals surface area contributed by atoms with E-state index >= 15 is 0 Å². The Hall–Kier alpha value is -3.36. The van der Waals surface area contributed by atoms with Crippen LogP contribution in [-0.4, -0.2) is 30.1 Å². The number of aromatic nitrogens is 2. The second-order valence-corrected chi connectivity index (χ2v) is 8.08. The first-order valence-electron chi connectivity index (χ1n) is 9.74. The Bertz CT molecular complexity index is 1220. The molecule has 0 unspecified atom stereocenters. The van der Waals surface area contributed by atoms with Crippen LogP contribution in [-0.2, 0) is 11.2 Å². The van der Waals surface area contributed by atoms with Crippen LogP contribution in [0.25, 0.3) is 22.6 Å². The van der Waals surface area contributed by atoms with Crippen molar-refractivity contribution >= 4 is 34.0 Å². The second kappa shape index (κ2) is 9.84. The molecule has 0 aliphatic carbocycles. The van der Waals surface area contributed by atoms with Crippen LogP contribution < -0.4 is 14.8 Å². The molecular formula is C23H20ClN3O4S. The normalized spacial score (nSPS) is 10.7. The van der Waals surface area contributed by atoms with Gasteiger partial charge in [0.25, 0.3) is 0 Å². The Balaban J connectivity index is 1.34. The van der Waals surface area contributed by atoms with Crippen LogP contribution in [0.15, 0.2) is 58.5 Å². The third-order valence-corrected chi connectivity index (χ3v) is 5.69. The van der Waals surface area contributed by atoms with E-state index in [1.54, 1.807) is 32.5 Å². The minimum absolute atomic E-state index is 0.163. The van der Waals surface area contributed by atoms with Gasteiger partial charge >= 0.3 is 0 Å². The quantitative estimate of drug-likeness (QED) is 0.356. The van der Waals surface area contributed by atoms with Crippen LogP contribution in [0.4, 0.5) is 5.13 Å². The lowest BCUT2D eigenvalue weighted by molar-refractivity contribution is -0.116. The third-order valence-electron chi connectivity index (χ3n) is 4.68. The van der Waals surface area contributed by atoms with Gasteiger partial charge in [0, 0.05) is 34.4 Å². The van der Waals surface area contributed by atoms with E-state index in [4.69, 9.17) is 25.5 Å². The number of rotatable bonds is 8. The number of nitrogens with one attached hydrogen (secondary N) is 1. The summed E-state index contributed by atoms with van der Waals surface area (Å²) in [6.45, 7) is 0. The summed E-state index contributed by atoms with van der Waals surface area (Å²) in [6.07, 6.45) is 2.26. The van der Waals surface area contributed by atoms with Crippen LogP contribution in [0.1, 0.15) is 12.3 Å². The Morgan fingerprint density at radius 2 is 1.84 bits per heavy atom. The summed E-state index contributed by atoms with van der Waals surface area (Å²) in [4.78, 5) is 21.1. The maximum atomic E-state index is 12.4. The lowest BCUT2D eigenvalue weighted by Gasteiger charge is -2.08. The third kappa shape index (κ3) is 5.09. The molecule has 4 aromatic rings. The van der Waals surface area contributed by atoms with Gasteiger partial charge in [-0.1, -0.05) is 11.6 Å². The lowest BCUT2D eigenvalue weighted by Crippen LogP contribution is -2.12. The molecule has 164 valence electrons. The minimum atomic E-state index is -0.163. The molecule has 0 aliphatic heterocycles. The summed E-state index contributed by atoms with van der Waals surface area (Å²) in [5.74, 6) is 2.23. The van der Waals surface area contributed by atoms with Crippen molar-refractivity contribution in [1.29, 1.82) is 0 Å². The minimum Gasteiger partial charge on any atom is -0.493 e. The van der Waals surface area contributed by atoms with E-state index in [2.05, 4.69) is 15.3 Å². The molecule has 0 saturated heterocycles. The number of anilines is 1. The number of carbonyl (C=O) groups is 1. The molecule has 2 aromatic heterocycles.